The lowest BCUT2D eigenvalue weighted by atomic mass is 9.92. The summed E-state index contributed by atoms with van der Waals surface area (Å²) in [4.78, 5) is 0. The van der Waals surface area contributed by atoms with Gasteiger partial charge in [0.1, 0.15) is 12.2 Å². The zero-order chi connectivity index (χ0) is 18.7. The van der Waals surface area contributed by atoms with Crippen LogP contribution in [0.15, 0.2) is 42.5 Å². The third-order valence-corrected chi connectivity index (χ3v) is 4.78. The zero-order valence-corrected chi connectivity index (χ0v) is 15.4. The summed E-state index contributed by atoms with van der Waals surface area (Å²) in [6.07, 6.45) is 0.850. The minimum Gasteiger partial charge on any atom is -0.394 e. The Kier molecular flexibility index (Phi) is 6.35. The van der Waals surface area contributed by atoms with Crippen LogP contribution in [0.3, 0.4) is 0 Å². The van der Waals surface area contributed by atoms with Gasteiger partial charge in [-0.2, -0.15) is 0 Å². The van der Waals surface area contributed by atoms with Crippen LogP contribution in [-0.4, -0.2) is 40.2 Å². The van der Waals surface area contributed by atoms with E-state index < -0.39 is 24.4 Å². The third kappa shape index (κ3) is 4.65. The topological polar surface area (TPSA) is 69.9 Å². The average molecular weight is 395 g/mol. The van der Waals surface area contributed by atoms with Gasteiger partial charge in [0.2, 0.25) is 0 Å². The minimum atomic E-state index is -1.04. The molecule has 1 fully saturated rings. The van der Waals surface area contributed by atoms with Crippen LogP contribution in [0.1, 0.15) is 29.2 Å². The van der Waals surface area contributed by atoms with Crippen molar-refractivity contribution in [2.45, 2.75) is 30.8 Å². The molecule has 1 heterocycles. The first-order valence-electron chi connectivity index (χ1n) is 8.33. The normalized spacial score (nSPS) is 26.3. The van der Waals surface area contributed by atoms with Gasteiger partial charge in [-0.05, 0) is 41.0 Å². The molecule has 2 aromatic rings. The largest absolute Gasteiger partial charge is 0.394 e. The Labute approximate surface area is 162 Å². The fourth-order valence-electron chi connectivity index (χ4n) is 3.05. The molecule has 1 saturated heterocycles. The molecule has 3 unspecified atom stereocenters. The zero-order valence-electron chi connectivity index (χ0n) is 13.9. The molecule has 0 bridgehead atoms. The van der Waals surface area contributed by atoms with E-state index in [2.05, 4.69) is 0 Å². The fourth-order valence-corrected chi connectivity index (χ4v) is 3.59. The lowest BCUT2D eigenvalue weighted by Gasteiger charge is -2.36. The number of aliphatic hydroxyl groups is 3. The van der Waals surface area contributed by atoms with Crippen LogP contribution in [0.4, 0.5) is 0 Å². The molecule has 3 rings (SSSR count). The van der Waals surface area contributed by atoms with Crippen molar-refractivity contribution in [2.75, 3.05) is 6.61 Å². The van der Waals surface area contributed by atoms with Gasteiger partial charge in [-0.1, -0.05) is 53.6 Å². The smallest absolute Gasteiger partial charge is 0.111 e. The van der Waals surface area contributed by atoms with Crippen LogP contribution in [-0.2, 0) is 4.74 Å². The fraction of sp³-hybridized carbons (Fsp3) is 0.300. The summed E-state index contributed by atoms with van der Waals surface area (Å²) in [7, 11) is 0. The Hall–Kier alpha value is -1.40. The molecular weight excluding hydrogens is 375 g/mol. The number of ether oxygens (including phenoxy) is 1. The second-order valence-electron chi connectivity index (χ2n) is 6.36. The molecule has 0 aliphatic carbocycles. The number of benzene rings is 2. The van der Waals surface area contributed by atoms with E-state index in [0.717, 1.165) is 16.7 Å². The van der Waals surface area contributed by atoms with Gasteiger partial charge in [0.05, 0.1) is 18.8 Å². The molecule has 138 valence electrons. The number of hydrogen-bond acceptors (Lipinski definition) is 4. The standard InChI is InChI=1S/C20H20Cl2O4/c21-15-7-13(8-16(22)9-15)5-4-12-2-1-3-14(6-12)20-19(25)18(24)10-17(11-23)26-20/h1-9,17-20,23-25H,10-11H2/b5-4-/t17?,18?,19?,20-/m1/s1. The van der Waals surface area contributed by atoms with Crippen LogP contribution in [0.25, 0.3) is 12.2 Å². The quantitative estimate of drug-likeness (QED) is 0.691. The highest BCUT2D eigenvalue weighted by Gasteiger charge is 2.37. The molecule has 0 spiro atoms. The first kappa shape index (κ1) is 19.4. The van der Waals surface area contributed by atoms with Crippen molar-refractivity contribution in [3.63, 3.8) is 0 Å². The van der Waals surface area contributed by atoms with Crippen molar-refractivity contribution in [3.05, 3.63) is 69.2 Å². The highest BCUT2D eigenvalue weighted by Crippen LogP contribution is 2.32. The van der Waals surface area contributed by atoms with Crippen LogP contribution >= 0.6 is 23.2 Å². The predicted octanol–water partition coefficient (Wildman–Crippen LogP) is 3.71. The first-order chi connectivity index (χ1) is 12.5. The van der Waals surface area contributed by atoms with Crippen molar-refractivity contribution >= 4 is 35.4 Å². The number of hydrogen-bond donors (Lipinski definition) is 3. The summed E-state index contributed by atoms with van der Waals surface area (Å²) in [6, 6.07) is 12.8. The SMILES string of the molecule is OCC1CC(O)C(O)[C@@H](c2cccc(/C=C\c3cc(Cl)cc(Cl)c3)c2)O1. The highest BCUT2D eigenvalue weighted by atomic mass is 35.5. The lowest BCUT2D eigenvalue weighted by molar-refractivity contribution is -0.179. The summed E-state index contributed by atoms with van der Waals surface area (Å²) in [5.41, 5.74) is 2.51. The lowest BCUT2D eigenvalue weighted by Crippen LogP contribution is -2.44. The molecule has 4 nitrogen and oxygen atoms in total. The monoisotopic (exact) mass is 394 g/mol. The van der Waals surface area contributed by atoms with Crippen molar-refractivity contribution in [1.82, 2.24) is 0 Å². The van der Waals surface area contributed by atoms with Gasteiger partial charge in [0.25, 0.3) is 0 Å². The van der Waals surface area contributed by atoms with Crippen LogP contribution in [0.5, 0.6) is 0 Å². The van der Waals surface area contributed by atoms with Gasteiger partial charge in [-0.3, -0.25) is 0 Å². The van der Waals surface area contributed by atoms with Crippen LogP contribution in [0, 0.1) is 0 Å². The second-order valence-corrected chi connectivity index (χ2v) is 7.23. The van der Waals surface area contributed by atoms with E-state index >= 15 is 0 Å². The molecule has 1 aliphatic rings. The maximum absolute atomic E-state index is 10.3. The first-order valence-corrected chi connectivity index (χ1v) is 9.08. The second kappa shape index (κ2) is 8.53. The van der Waals surface area contributed by atoms with Crippen molar-refractivity contribution in [3.8, 4) is 0 Å². The van der Waals surface area contributed by atoms with Crippen molar-refractivity contribution < 1.29 is 20.1 Å². The summed E-state index contributed by atoms with van der Waals surface area (Å²) in [5, 5.41) is 30.7. The molecule has 0 aromatic heterocycles. The van der Waals surface area contributed by atoms with E-state index in [1.807, 2.05) is 48.6 Å². The highest BCUT2D eigenvalue weighted by molar-refractivity contribution is 6.34. The minimum absolute atomic E-state index is 0.199. The summed E-state index contributed by atoms with van der Waals surface area (Å²) < 4.78 is 5.73. The van der Waals surface area contributed by atoms with Crippen molar-refractivity contribution in [1.29, 1.82) is 0 Å². The summed E-state index contributed by atoms with van der Waals surface area (Å²) in [5.74, 6) is 0. The Bertz CT molecular complexity index is 773. The molecule has 0 radical (unpaired) electrons. The number of halogens is 2. The molecule has 26 heavy (non-hydrogen) atoms. The van der Waals surface area contributed by atoms with E-state index in [1.165, 1.54) is 0 Å². The van der Waals surface area contributed by atoms with E-state index in [-0.39, 0.29) is 13.0 Å². The molecular formula is C20H20Cl2O4. The average Bonchev–Trinajstić information content (AvgIpc) is 2.61. The molecule has 0 amide bonds. The molecule has 0 saturated carbocycles. The van der Waals surface area contributed by atoms with Gasteiger partial charge in [0, 0.05) is 16.5 Å². The van der Waals surface area contributed by atoms with Crippen LogP contribution in [0.2, 0.25) is 10.0 Å². The number of aliphatic hydroxyl groups excluding tert-OH is 3. The maximum Gasteiger partial charge on any atom is 0.111 e. The predicted molar refractivity (Wildman–Crippen MR) is 103 cm³/mol. The summed E-state index contributed by atoms with van der Waals surface area (Å²) in [6.45, 7) is -0.199. The Morgan fingerprint density at radius 2 is 1.69 bits per heavy atom. The molecule has 2 aromatic carbocycles. The van der Waals surface area contributed by atoms with E-state index in [1.54, 1.807) is 6.07 Å². The molecule has 1 aliphatic heterocycles. The van der Waals surface area contributed by atoms with Gasteiger partial charge < -0.3 is 20.1 Å². The molecule has 4 atom stereocenters. The third-order valence-electron chi connectivity index (χ3n) is 4.34. The van der Waals surface area contributed by atoms with Crippen molar-refractivity contribution in [2.24, 2.45) is 0 Å². The van der Waals surface area contributed by atoms with Gasteiger partial charge in [-0.25, -0.2) is 0 Å². The van der Waals surface area contributed by atoms with E-state index in [0.29, 0.717) is 10.0 Å². The maximum atomic E-state index is 10.3. The van der Waals surface area contributed by atoms with Gasteiger partial charge in [0.15, 0.2) is 0 Å². The Balaban J connectivity index is 1.82. The Morgan fingerprint density at radius 1 is 1.00 bits per heavy atom. The van der Waals surface area contributed by atoms with E-state index in [4.69, 9.17) is 27.9 Å². The van der Waals surface area contributed by atoms with Gasteiger partial charge in [-0.15, -0.1) is 0 Å². The summed E-state index contributed by atoms with van der Waals surface area (Å²) >= 11 is 12.0. The van der Waals surface area contributed by atoms with E-state index in [9.17, 15) is 15.3 Å². The molecule has 3 N–H and O–H groups in total. The number of rotatable bonds is 4. The van der Waals surface area contributed by atoms with Crippen LogP contribution < -0.4 is 0 Å². The Morgan fingerprint density at radius 3 is 2.38 bits per heavy atom. The van der Waals surface area contributed by atoms with Gasteiger partial charge >= 0.3 is 0 Å². The molecule has 6 heteroatoms.